The highest BCUT2D eigenvalue weighted by Gasteiger charge is 2.26. The van der Waals surface area contributed by atoms with Crippen LogP contribution in [0.2, 0.25) is 0 Å². The molecule has 0 unspecified atom stereocenters. The summed E-state index contributed by atoms with van der Waals surface area (Å²) in [6.45, 7) is 3.72. The van der Waals surface area contributed by atoms with Crippen LogP contribution < -0.4 is 5.32 Å². The van der Waals surface area contributed by atoms with E-state index in [1.54, 1.807) is 18.2 Å². The van der Waals surface area contributed by atoms with Gasteiger partial charge in [-0.05, 0) is 56.4 Å². The minimum atomic E-state index is -3.53. The molecular weight excluding hydrogens is 372 g/mol. The molecule has 2 aromatic carbocycles. The fraction of sp³-hybridized carbons (Fsp3) is 0.409. The van der Waals surface area contributed by atoms with Crippen molar-refractivity contribution in [1.82, 2.24) is 9.62 Å². The molecule has 0 aromatic heterocycles. The minimum Gasteiger partial charge on any atom is -0.352 e. The Morgan fingerprint density at radius 2 is 1.75 bits per heavy atom. The number of piperidine rings is 1. The van der Waals surface area contributed by atoms with Crippen molar-refractivity contribution >= 4 is 15.9 Å². The lowest BCUT2D eigenvalue weighted by atomic mass is 10.1. The second-order valence-electron chi connectivity index (χ2n) is 7.34. The van der Waals surface area contributed by atoms with Crippen LogP contribution in [0.4, 0.5) is 0 Å². The number of sulfonamides is 1. The summed E-state index contributed by atoms with van der Waals surface area (Å²) in [4.78, 5) is 12.6. The lowest BCUT2D eigenvalue weighted by molar-refractivity contribution is 0.0953. The van der Waals surface area contributed by atoms with Gasteiger partial charge in [0.1, 0.15) is 0 Å². The van der Waals surface area contributed by atoms with E-state index in [2.05, 4.69) is 36.5 Å². The number of hydrogen-bond acceptors (Lipinski definition) is 3. The highest BCUT2D eigenvalue weighted by Crippen LogP contribution is 2.21. The quantitative estimate of drug-likeness (QED) is 0.723. The van der Waals surface area contributed by atoms with E-state index in [0.717, 1.165) is 32.1 Å². The van der Waals surface area contributed by atoms with Crippen LogP contribution in [0.5, 0.6) is 0 Å². The number of hydrogen-bond donors (Lipinski definition) is 1. The average molecular weight is 401 g/mol. The molecule has 2 aromatic rings. The van der Waals surface area contributed by atoms with Crippen LogP contribution in [0.3, 0.4) is 0 Å². The first kappa shape index (κ1) is 20.6. The molecule has 28 heavy (non-hydrogen) atoms. The Hall–Kier alpha value is -2.18. The van der Waals surface area contributed by atoms with Crippen molar-refractivity contribution < 1.29 is 13.2 Å². The van der Waals surface area contributed by atoms with E-state index >= 15 is 0 Å². The van der Waals surface area contributed by atoms with Gasteiger partial charge in [0.2, 0.25) is 10.0 Å². The molecule has 1 aliphatic heterocycles. The van der Waals surface area contributed by atoms with Gasteiger partial charge >= 0.3 is 0 Å². The first-order valence-corrected chi connectivity index (χ1v) is 11.3. The van der Waals surface area contributed by atoms with Crippen molar-refractivity contribution in [3.63, 3.8) is 0 Å². The SMILES string of the molecule is Cc1ccc(CCCNC(=O)c2cccc(S(=O)(=O)N3CCCCC3)c2)cc1. The topological polar surface area (TPSA) is 66.5 Å². The molecule has 5 nitrogen and oxygen atoms in total. The summed E-state index contributed by atoms with van der Waals surface area (Å²) >= 11 is 0. The number of benzene rings is 2. The first-order chi connectivity index (χ1) is 13.5. The Labute approximate surface area is 167 Å². The molecule has 6 heteroatoms. The molecular formula is C22H28N2O3S. The fourth-order valence-corrected chi connectivity index (χ4v) is 4.97. The third-order valence-corrected chi connectivity index (χ3v) is 6.99. The maximum atomic E-state index is 12.8. The normalized spacial score (nSPS) is 15.3. The number of carbonyl (C=O) groups excluding carboxylic acids is 1. The van der Waals surface area contributed by atoms with E-state index in [4.69, 9.17) is 0 Å². The van der Waals surface area contributed by atoms with Crippen molar-refractivity contribution in [1.29, 1.82) is 0 Å². The van der Waals surface area contributed by atoms with Gasteiger partial charge in [-0.3, -0.25) is 4.79 Å². The van der Waals surface area contributed by atoms with E-state index in [0.29, 0.717) is 25.2 Å². The zero-order chi connectivity index (χ0) is 20.0. The number of aryl methyl sites for hydroxylation is 2. The number of rotatable bonds is 7. The van der Waals surface area contributed by atoms with Gasteiger partial charge in [0.15, 0.2) is 0 Å². The summed E-state index contributed by atoms with van der Waals surface area (Å²) < 4.78 is 27.1. The van der Waals surface area contributed by atoms with E-state index in [-0.39, 0.29) is 10.8 Å². The van der Waals surface area contributed by atoms with Crippen molar-refractivity contribution in [3.8, 4) is 0 Å². The molecule has 0 atom stereocenters. The van der Waals surface area contributed by atoms with Crippen LogP contribution in [-0.4, -0.2) is 38.3 Å². The molecule has 1 amide bonds. The Morgan fingerprint density at radius 3 is 2.46 bits per heavy atom. The van der Waals surface area contributed by atoms with Crippen LogP contribution in [0.1, 0.15) is 47.2 Å². The Morgan fingerprint density at radius 1 is 1.04 bits per heavy atom. The van der Waals surface area contributed by atoms with Crippen molar-refractivity contribution in [2.75, 3.05) is 19.6 Å². The Kier molecular flexibility index (Phi) is 6.86. The Balaban J connectivity index is 1.56. The average Bonchev–Trinajstić information content (AvgIpc) is 2.73. The van der Waals surface area contributed by atoms with Gasteiger partial charge in [-0.1, -0.05) is 42.3 Å². The van der Waals surface area contributed by atoms with Gasteiger partial charge in [0.05, 0.1) is 4.90 Å². The summed E-state index contributed by atoms with van der Waals surface area (Å²) in [5, 5.41) is 2.89. The lowest BCUT2D eigenvalue weighted by Gasteiger charge is -2.26. The molecule has 1 fully saturated rings. The van der Waals surface area contributed by atoms with Crippen LogP contribution in [0.15, 0.2) is 53.4 Å². The summed E-state index contributed by atoms with van der Waals surface area (Å²) in [5.74, 6) is -0.236. The second-order valence-corrected chi connectivity index (χ2v) is 9.28. The molecule has 3 rings (SSSR count). The number of amides is 1. The highest BCUT2D eigenvalue weighted by molar-refractivity contribution is 7.89. The summed E-state index contributed by atoms with van der Waals surface area (Å²) in [6.07, 6.45) is 4.57. The molecule has 0 saturated carbocycles. The number of nitrogens with one attached hydrogen (secondary N) is 1. The number of nitrogens with zero attached hydrogens (tertiary/aromatic N) is 1. The zero-order valence-electron chi connectivity index (χ0n) is 16.4. The van der Waals surface area contributed by atoms with Crippen LogP contribution in [0, 0.1) is 6.92 Å². The second kappa shape index (κ2) is 9.34. The summed E-state index contributed by atoms with van der Waals surface area (Å²) in [5.41, 5.74) is 2.86. The van der Waals surface area contributed by atoms with Gasteiger partial charge < -0.3 is 5.32 Å². The monoisotopic (exact) mass is 400 g/mol. The maximum Gasteiger partial charge on any atom is 0.251 e. The van der Waals surface area contributed by atoms with Crippen molar-refractivity contribution in [2.45, 2.75) is 43.9 Å². The van der Waals surface area contributed by atoms with E-state index in [1.807, 2.05) is 0 Å². The third-order valence-electron chi connectivity index (χ3n) is 5.10. The van der Waals surface area contributed by atoms with Gasteiger partial charge in [-0.15, -0.1) is 0 Å². The third kappa shape index (κ3) is 5.20. The fourth-order valence-electron chi connectivity index (χ4n) is 3.40. The predicted molar refractivity (Wildman–Crippen MR) is 111 cm³/mol. The van der Waals surface area contributed by atoms with Gasteiger partial charge in [0.25, 0.3) is 5.91 Å². The van der Waals surface area contributed by atoms with Gasteiger partial charge in [-0.25, -0.2) is 8.42 Å². The lowest BCUT2D eigenvalue weighted by Crippen LogP contribution is -2.35. The number of carbonyl (C=O) groups is 1. The molecule has 0 radical (unpaired) electrons. The predicted octanol–water partition coefficient (Wildman–Crippen LogP) is 3.53. The van der Waals surface area contributed by atoms with Crippen molar-refractivity contribution in [3.05, 3.63) is 65.2 Å². The molecule has 0 spiro atoms. The largest absolute Gasteiger partial charge is 0.352 e. The highest BCUT2D eigenvalue weighted by atomic mass is 32.2. The molecule has 0 bridgehead atoms. The maximum absolute atomic E-state index is 12.8. The Bertz CT molecular complexity index is 902. The van der Waals surface area contributed by atoms with Crippen LogP contribution >= 0.6 is 0 Å². The standard InChI is InChI=1S/C22H28N2O3S/c1-18-10-12-19(13-11-18)7-6-14-23-22(25)20-8-5-9-21(17-20)28(26,27)24-15-3-2-4-16-24/h5,8-13,17H,2-4,6-7,14-16H2,1H3,(H,23,25). The molecule has 1 saturated heterocycles. The molecule has 0 aliphatic carbocycles. The molecule has 1 heterocycles. The van der Waals surface area contributed by atoms with E-state index in [9.17, 15) is 13.2 Å². The zero-order valence-corrected chi connectivity index (χ0v) is 17.2. The molecule has 1 aliphatic rings. The molecule has 150 valence electrons. The van der Waals surface area contributed by atoms with Crippen LogP contribution in [0.25, 0.3) is 0 Å². The van der Waals surface area contributed by atoms with Crippen LogP contribution in [-0.2, 0) is 16.4 Å². The van der Waals surface area contributed by atoms with Gasteiger partial charge in [-0.2, -0.15) is 4.31 Å². The minimum absolute atomic E-state index is 0.196. The van der Waals surface area contributed by atoms with E-state index < -0.39 is 10.0 Å². The van der Waals surface area contributed by atoms with Gasteiger partial charge in [0, 0.05) is 25.2 Å². The summed E-state index contributed by atoms with van der Waals surface area (Å²) in [7, 11) is -3.53. The first-order valence-electron chi connectivity index (χ1n) is 9.91. The van der Waals surface area contributed by atoms with E-state index in [1.165, 1.54) is 21.5 Å². The molecule has 1 N–H and O–H groups in total. The van der Waals surface area contributed by atoms with Crippen molar-refractivity contribution in [2.24, 2.45) is 0 Å². The summed E-state index contributed by atoms with van der Waals surface area (Å²) in [6, 6.07) is 14.7. The smallest absolute Gasteiger partial charge is 0.251 e.